The molecule has 1 amide bonds. The van der Waals surface area contributed by atoms with Gasteiger partial charge in [-0.25, -0.2) is 9.18 Å². The fourth-order valence-electron chi connectivity index (χ4n) is 3.49. The molecule has 1 saturated heterocycles. The first-order valence-corrected chi connectivity index (χ1v) is 9.36. The van der Waals surface area contributed by atoms with E-state index >= 15 is 0 Å². The second kappa shape index (κ2) is 7.02. The highest BCUT2D eigenvalue weighted by Crippen LogP contribution is 2.35. The molecule has 0 aliphatic carbocycles. The van der Waals surface area contributed by atoms with Gasteiger partial charge in [-0.2, -0.15) is 0 Å². The van der Waals surface area contributed by atoms with E-state index in [0.717, 1.165) is 11.6 Å². The van der Waals surface area contributed by atoms with Gasteiger partial charge < -0.3 is 19.7 Å². The average molecular weight is 437 g/mol. The molecule has 0 spiro atoms. The molecular formula is C20H15Cl2FN2O4. The third-order valence-corrected chi connectivity index (χ3v) is 5.95. The number of nitrogens with zero attached hydrogens (tertiary/aromatic N) is 1. The Bertz CT molecular complexity index is 1170. The van der Waals surface area contributed by atoms with E-state index < -0.39 is 23.2 Å². The Labute approximate surface area is 174 Å². The molecule has 150 valence electrons. The molecule has 0 radical (unpaired) electrons. The Balaban J connectivity index is 1.70. The van der Waals surface area contributed by atoms with Crippen molar-refractivity contribution in [1.29, 1.82) is 0 Å². The molecule has 0 unspecified atom stereocenters. The lowest BCUT2D eigenvalue weighted by Gasteiger charge is -2.42. The van der Waals surface area contributed by atoms with Crippen molar-refractivity contribution in [2.45, 2.75) is 5.54 Å². The minimum atomic E-state index is -1.23. The van der Waals surface area contributed by atoms with Gasteiger partial charge in [0.05, 0.1) is 28.8 Å². The van der Waals surface area contributed by atoms with Crippen LogP contribution in [0.4, 0.5) is 4.39 Å². The standard InChI is InChI=1S/C20H15Cl2FN2O4/c1-25-15-5-4-13(21)17(22)11(15)7-16(25)18(26)24-20(8-29-9-20)12-3-2-10(19(27)28)6-14(12)23/h2-7H,8-9H2,1H3,(H,24,26)(H,27,28). The number of aromatic nitrogens is 1. The minimum absolute atomic E-state index is 0.0681. The van der Waals surface area contributed by atoms with Crippen LogP contribution in [0.1, 0.15) is 26.4 Å². The zero-order chi connectivity index (χ0) is 20.9. The minimum Gasteiger partial charge on any atom is -0.478 e. The zero-order valence-corrected chi connectivity index (χ0v) is 16.6. The summed E-state index contributed by atoms with van der Waals surface area (Å²) in [6.07, 6.45) is 0. The van der Waals surface area contributed by atoms with Gasteiger partial charge in [-0.1, -0.05) is 29.3 Å². The van der Waals surface area contributed by atoms with Crippen molar-refractivity contribution in [3.8, 4) is 0 Å². The number of hydrogen-bond acceptors (Lipinski definition) is 3. The highest BCUT2D eigenvalue weighted by atomic mass is 35.5. The molecule has 2 heterocycles. The zero-order valence-electron chi connectivity index (χ0n) is 15.1. The van der Waals surface area contributed by atoms with Crippen molar-refractivity contribution >= 4 is 46.0 Å². The van der Waals surface area contributed by atoms with E-state index in [9.17, 15) is 14.0 Å². The van der Waals surface area contributed by atoms with Crippen LogP contribution in [-0.2, 0) is 17.3 Å². The largest absolute Gasteiger partial charge is 0.478 e. The molecule has 4 rings (SSSR count). The van der Waals surface area contributed by atoms with E-state index in [0.29, 0.717) is 21.1 Å². The summed E-state index contributed by atoms with van der Waals surface area (Å²) >= 11 is 12.3. The van der Waals surface area contributed by atoms with Gasteiger partial charge in [0, 0.05) is 23.5 Å². The van der Waals surface area contributed by atoms with E-state index in [1.165, 1.54) is 12.1 Å². The number of benzene rings is 2. The van der Waals surface area contributed by atoms with Gasteiger partial charge in [0.25, 0.3) is 5.91 Å². The van der Waals surface area contributed by atoms with Gasteiger partial charge in [0.1, 0.15) is 17.1 Å². The van der Waals surface area contributed by atoms with Gasteiger partial charge in [0.15, 0.2) is 0 Å². The van der Waals surface area contributed by atoms with E-state index in [2.05, 4.69) is 5.32 Å². The Morgan fingerprint density at radius 3 is 2.52 bits per heavy atom. The quantitative estimate of drug-likeness (QED) is 0.647. The van der Waals surface area contributed by atoms with Crippen molar-refractivity contribution in [2.24, 2.45) is 7.05 Å². The van der Waals surface area contributed by atoms with E-state index in [1.54, 1.807) is 29.8 Å². The molecule has 9 heteroatoms. The molecule has 1 aromatic heterocycles. The van der Waals surface area contributed by atoms with Crippen LogP contribution < -0.4 is 5.32 Å². The second-order valence-electron chi connectivity index (χ2n) is 6.91. The molecule has 3 aromatic rings. The molecule has 0 saturated carbocycles. The van der Waals surface area contributed by atoms with Gasteiger partial charge >= 0.3 is 5.97 Å². The first-order valence-electron chi connectivity index (χ1n) is 8.60. The van der Waals surface area contributed by atoms with Crippen molar-refractivity contribution in [1.82, 2.24) is 9.88 Å². The number of rotatable bonds is 4. The fraction of sp³-hybridized carbons (Fsp3) is 0.200. The van der Waals surface area contributed by atoms with Crippen LogP contribution in [0, 0.1) is 5.82 Å². The number of aryl methyl sites for hydroxylation is 1. The van der Waals surface area contributed by atoms with E-state index in [4.69, 9.17) is 33.0 Å². The van der Waals surface area contributed by atoms with Crippen molar-refractivity contribution < 1.29 is 23.8 Å². The third-order valence-electron chi connectivity index (χ3n) is 5.13. The van der Waals surface area contributed by atoms with Gasteiger partial charge in [-0.3, -0.25) is 4.79 Å². The van der Waals surface area contributed by atoms with Crippen LogP contribution >= 0.6 is 23.2 Å². The smallest absolute Gasteiger partial charge is 0.335 e. The highest BCUT2D eigenvalue weighted by molar-refractivity contribution is 6.45. The number of fused-ring (bicyclic) bond motifs is 1. The molecule has 2 N–H and O–H groups in total. The summed E-state index contributed by atoms with van der Waals surface area (Å²) in [5, 5.41) is 13.2. The number of ether oxygens (including phenoxy) is 1. The molecule has 1 fully saturated rings. The summed E-state index contributed by atoms with van der Waals surface area (Å²) in [5.74, 6) is -2.40. The Kier molecular flexibility index (Phi) is 4.77. The number of carboxylic acid groups (broad SMARTS) is 1. The molecule has 2 aromatic carbocycles. The summed E-state index contributed by atoms with van der Waals surface area (Å²) < 4.78 is 21.5. The highest BCUT2D eigenvalue weighted by Gasteiger charge is 2.44. The van der Waals surface area contributed by atoms with Crippen molar-refractivity contribution in [3.63, 3.8) is 0 Å². The molecule has 1 aliphatic rings. The molecular weight excluding hydrogens is 422 g/mol. The molecule has 0 atom stereocenters. The fourth-order valence-corrected chi connectivity index (χ4v) is 3.87. The van der Waals surface area contributed by atoms with E-state index in [1.807, 2.05) is 0 Å². The molecule has 6 nitrogen and oxygen atoms in total. The predicted molar refractivity (Wildman–Crippen MR) is 106 cm³/mol. The number of amides is 1. The van der Waals surface area contributed by atoms with Crippen LogP contribution in [0.3, 0.4) is 0 Å². The Hall–Kier alpha value is -2.61. The summed E-state index contributed by atoms with van der Waals surface area (Å²) in [4.78, 5) is 24.1. The third kappa shape index (κ3) is 3.15. The van der Waals surface area contributed by atoms with Gasteiger partial charge in [-0.15, -0.1) is 0 Å². The number of aromatic carboxylic acids is 1. The normalized spacial score (nSPS) is 15.2. The molecule has 0 bridgehead atoms. The van der Waals surface area contributed by atoms with Gasteiger partial charge in [0.2, 0.25) is 0 Å². The van der Waals surface area contributed by atoms with Crippen LogP contribution in [-0.4, -0.2) is 34.8 Å². The Morgan fingerprint density at radius 2 is 1.93 bits per heavy atom. The number of carbonyl (C=O) groups excluding carboxylic acids is 1. The lowest BCUT2D eigenvalue weighted by molar-refractivity contribution is -0.0750. The number of carboxylic acids is 1. The first-order chi connectivity index (χ1) is 13.7. The summed E-state index contributed by atoms with van der Waals surface area (Å²) in [5.41, 5.74) is -0.0515. The van der Waals surface area contributed by atoms with Crippen LogP contribution in [0.25, 0.3) is 10.9 Å². The van der Waals surface area contributed by atoms with Gasteiger partial charge in [-0.05, 0) is 30.3 Å². The van der Waals surface area contributed by atoms with Crippen LogP contribution in [0.15, 0.2) is 36.4 Å². The van der Waals surface area contributed by atoms with Crippen molar-refractivity contribution in [2.75, 3.05) is 13.2 Å². The number of nitrogens with one attached hydrogen (secondary N) is 1. The maximum Gasteiger partial charge on any atom is 0.335 e. The monoisotopic (exact) mass is 436 g/mol. The first kappa shape index (κ1) is 19.7. The maximum atomic E-state index is 14.6. The number of halogens is 3. The lowest BCUT2D eigenvalue weighted by Crippen LogP contribution is -2.60. The van der Waals surface area contributed by atoms with E-state index in [-0.39, 0.29) is 24.3 Å². The topological polar surface area (TPSA) is 80.6 Å². The lowest BCUT2D eigenvalue weighted by atomic mass is 9.86. The second-order valence-corrected chi connectivity index (χ2v) is 7.70. The number of hydrogen-bond donors (Lipinski definition) is 2. The average Bonchev–Trinajstić information content (AvgIpc) is 2.99. The maximum absolute atomic E-state index is 14.6. The van der Waals surface area contributed by atoms with Crippen LogP contribution in [0.5, 0.6) is 0 Å². The Morgan fingerprint density at radius 1 is 1.21 bits per heavy atom. The van der Waals surface area contributed by atoms with Crippen molar-refractivity contribution in [3.05, 3.63) is 69.1 Å². The molecule has 1 aliphatic heterocycles. The summed E-state index contributed by atoms with van der Waals surface area (Å²) in [6, 6.07) is 8.62. The molecule has 29 heavy (non-hydrogen) atoms. The summed E-state index contributed by atoms with van der Waals surface area (Å²) in [7, 11) is 1.72. The summed E-state index contributed by atoms with van der Waals surface area (Å²) in [6.45, 7) is 0.136. The SMILES string of the molecule is Cn1c(C(=O)NC2(c3ccc(C(=O)O)cc3F)COC2)cc2c(Cl)c(Cl)ccc21. The predicted octanol–water partition coefficient (Wildman–Crippen LogP) is 3.98. The van der Waals surface area contributed by atoms with Crippen LogP contribution in [0.2, 0.25) is 10.0 Å². The number of carbonyl (C=O) groups is 2.